The number of hydrogen-bond donors (Lipinski definition) is 1. The Balaban J connectivity index is 2.42. The first-order valence-electron chi connectivity index (χ1n) is 6.14. The fourth-order valence-electron chi connectivity index (χ4n) is 1.66. The van der Waals surface area contributed by atoms with Crippen LogP contribution in [-0.2, 0) is 9.84 Å². The molecule has 0 bridgehead atoms. The zero-order valence-electron chi connectivity index (χ0n) is 11.2. The summed E-state index contributed by atoms with van der Waals surface area (Å²) in [5.41, 5.74) is 0. The average Bonchev–Trinajstić information content (AvgIpc) is 2.81. The Bertz CT molecular complexity index is 698. The predicted molar refractivity (Wildman–Crippen MR) is 69.1 cm³/mol. The van der Waals surface area contributed by atoms with Gasteiger partial charge in [-0.25, -0.2) is 8.42 Å². The predicted octanol–water partition coefficient (Wildman–Crippen LogP) is 0.291. The summed E-state index contributed by atoms with van der Waals surface area (Å²) < 4.78 is 34.4. The molecule has 8 nitrogen and oxygen atoms in total. The molecule has 21 heavy (non-hydrogen) atoms. The number of sulfone groups is 1. The first-order valence-corrected chi connectivity index (χ1v) is 7.62. The Morgan fingerprint density at radius 1 is 1.43 bits per heavy atom. The van der Waals surface area contributed by atoms with Gasteiger partial charge in [-0.3, -0.25) is 4.63 Å². The molecule has 114 valence electrons. The van der Waals surface area contributed by atoms with Crippen LogP contribution in [0, 0.1) is 5.21 Å². The van der Waals surface area contributed by atoms with Crippen LogP contribution in [0.25, 0.3) is 0 Å². The Hall–Kier alpha value is -2.13. The molecule has 1 aromatic carbocycles. The minimum atomic E-state index is -4.11. The molecule has 1 N–H and O–H groups in total. The molecular weight excluding hydrogens is 300 g/mol. The lowest BCUT2D eigenvalue weighted by Crippen LogP contribution is -2.31. The standard InChI is InChI=1S/C12H14N2O6S/c1-9(7-8-15)19-11-12(14(16)20-13-11)21(17,18)10-5-3-2-4-6-10/h2-6,9,15H,7-8H2,1H3. The third-order valence-electron chi connectivity index (χ3n) is 2.70. The van der Waals surface area contributed by atoms with Crippen molar-refractivity contribution >= 4 is 9.84 Å². The van der Waals surface area contributed by atoms with E-state index in [0.29, 0.717) is 0 Å². The van der Waals surface area contributed by atoms with Gasteiger partial charge in [0, 0.05) is 13.0 Å². The molecule has 0 aliphatic rings. The van der Waals surface area contributed by atoms with Crippen LogP contribution in [0.5, 0.6) is 5.88 Å². The third-order valence-corrected chi connectivity index (χ3v) is 4.43. The molecule has 0 amide bonds. The van der Waals surface area contributed by atoms with Crippen molar-refractivity contribution in [2.24, 2.45) is 0 Å². The topological polar surface area (TPSA) is 117 Å². The van der Waals surface area contributed by atoms with Crippen LogP contribution in [0.4, 0.5) is 0 Å². The minimum Gasteiger partial charge on any atom is -0.451 e. The molecule has 1 heterocycles. The molecule has 0 radical (unpaired) electrons. The van der Waals surface area contributed by atoms with Crippen molar-refractivity contribution in [2.45, 2.75) is 29.4 Å². The lowest BCUT2D eigenvalue weighted by atomic mass is 10.3. The summed E-state index contributed by atoms with van der Waals surface area (Å²) in [6, 6.07) is 7.42. The second-order valence-corrected chi connectivity index (χ2v) is 6.16. The van der Waals surface area contributed by atoms with Gasteiger partial charge in [-0.05, 0) is 24.0 Å². The number of aromatic nitrogens is 2. The highest BCUT2D eigenvalue weighted by Gasteiger charge is 2.36. The highest BCUT2D eigenvalue weighted by molar-refractivity contribution is 7.91. The van der Waals surface area contributed by atoms with E-state index in [9.17, 15) is 13.6 Å². The smallest absolute Gasteiger partial charge is 0.415 e. The van der Waals surface area contributed by atoms with E-state index in [4.69, 9.17) is 9.84 Å². The fourth-order valence-corrected chi connectivity index (χ4v) is 2.94. The number of benzene rings is 1. The largest absolute Gasteiger partial charge is 0.451 e. The minimum absolute atomic E-state index is 0.0718. The SMILES string of the molecule is CC(CCO)Oc1no[n+]([O-])c1S(=O)(=O)c1ccccc1. The van der Waals surface area contributed by atoms with Crippen LogP contribution in [-0.4, -0.2) is 31.4 Å². The Kier molecular flexibility index (Phi) is 4.43. The van der Waals surface area contributed by atoms with E-state index in [-0.39, 0.29) is 22.8 Å². The highest BCUT2D eigenvalue weighted by Crippen LogP contribution is 2.25. The van der Waals surface area contributed by atoms with Crippen LogP contribution in [0.3, 0.4) is 0 Å². The van der Waals surface area contributed by atoms with E-state index < -0.39 is 26.8 Å². The maximum absolute atomic E-state index is 12.4. The summed E-state index contributed by atoms with van der Waals surface area (Å²) >= 11 is 0. The molecule has 2 aromatic rings. The molecular formula is C12H14N2O6S. The Morgan fingerprint density at radius 2 is 2.10 bits per heavy atom. The molecule has 1 unspecified atom stereocenters. The summed E-state index contributed by atoms with van der Waals surface area (Å²) in [5.74, 6) is -0.421. The molecule has 0 saturated heterocycles. The molecule has 1 aromatic heterocycles. The zero-order chi connectivity index (χ0) is 15.5. The van der Waals surface area contributed by atoms with Gasteiger partial charge >= 0.3 is 10.9 Å². The molecule has 0 aliphatic heterocycles. The van der Waals surface area contributed by atoms with Crippen molar-refractivity contribution < 1.29 is 27.8 Å². The highest BCUT2D eigenvalue weighted by atomic mass is 32.2. The van der Waals surface area contributed by atoms with Crippen LogP contribution in [0.15, 0.2) is 44.9 Å². The molecule has 0 aliphatic carbocycles. The quantitative estimate of drug-likeness (QED) is 0.761. The van der Waals surface area contributed by atoms with E-state index in [0.717, 1.165) is 0 Å². The van der Waals surface area contributed by atoms with Crippen LogP contribution >= 0.6 is 0 Å². The molecule has 9 heteroatoms. The van der Waals surface area contributed by atoms with Gasteiger partial charge in [-0.15, -0.1) is 0 Å². The number of nitrogens with zero attached hydrogens (tertiary/aromatic N) is 2. The van der Waals surface area contributed by atoms with Crippen molar-refractivity contribution in [3.63, 3.8) is 0 Å². The first kappa shape index (κ1) is 15.3. The average molecular weight is 314 g/mol. The lowest BCUT2D eigenvalue weighted by Gasteiger charge is -2.09. The van der Waals surface area contributed by atoms with Crippen LogP contribution < -0.4 is 9.64 Å². The fraction of sp³-hybridized carbons (Fsp3) is 0.333. The molecule has 2 rings (SSSR count). The first-order chi connectivity index (χ1) is 9.96. The van der Waals surface area contributed by atoms with E-state index in [1.54, 1.807) is 13.0 Å². The number of aliphatic hydroxyl groups excluding tert-OH is 1. The molecule has 1 atom stereocenters. The van der Waals surface area contributed by atoms with Crippen LogP contribution in [0.2, 0.25) is 0 Å². The van der Waals surface area contributed by atoms with Crippen molar-refractivity contribution in [3.8, 4) is 5.88 Å². The van der Waals surface area contributed by atoms with E-state index in [1.807, 2.05) is 0 Å². The molecule has 0 saturated carbocycles. The summed E-state index contributed by atoms with van der Waals surface area (Å²) in [6.45, 7) is 1.47. The van der Waals surface area contributed by atoms with Crippen molar-refractivity contribution in [2.75, 3.05) is 6.61 Å². The summed E-state index contributed by atoms with van der Waals surface area (Å²) in [6.07, 6.45) is -0.263. The van der Waals surface area contributed by atoms with Gasteiger partial charge in [0.15, 0.2) is 0 Å². The third kappa shape index (κ3) is 3.14. The van der Waals surface area contributed by atoms with Gasteiger partial charge in [0.1, 0.15) is 6.10 Å². The maximum atomic E-state index is 12.4. The second-order valence-electron chi connectivity index (χ2n) is 4.30. The lowest BCUT2D eigenvalue weighted by molar-refractivity contribution is -0.832. The van der Waals surface area contributed by atoms with Crippen molar-refractivity contribution in [1.29, 1.82) is 0 Å². The Morgan fingerprint density at radius 3 is 2.71 bits per heavy atom. The number of rotatable bonds is 6. The molecule has 0 spiro atoms. The van der Waals surface area contributed by atoms with E-state index in [1.165, 1.54) is 24.3 Å². The normalized spacial score (nSPS) is 13.0. The van der Waals surface area contributed by atoms with Gasteiger partial charge in [0.25, 0.3) is 9.84 Å². The summed E-state index contributed by atoms with van der Waals surface area (Å²) in [4.78, 5) is -0.277. The number of aliphatic hydroxyl groups is 1. The van der Waals surface area contributed by atoms with Gasteiger partial charge in [0.05, 0.1) is 10.1 Å². The Labute approximate surface area is 121 Å². The van der Waals surface area contributed by atoms with E-state index >= 15 is 0 Å². The monoisotopic (exact) mass is 314 g/mol. The van der Waals surface area contributed by atoms with Crippen molar-refractivity contribution in [3.05, 3.63) is 35.5 Å². The number of hydrogen-bond acceptors (Lipinski definition) is 7. The van der Waals surface area contributed by atoms with E-state index in [2.05, 4.69) is 9.79 Å². The number of ether oxygens (including phenoxy) is 1. The van der Waals surface area contributed by atoms with Gasteiger partial charge in [-0.2, -0.15) is 0 Å². The summed E-state index contributed by atoms with van der Waals surface area (Å²) in [5, 5.41) is 23.0. The zero-order valence-corrected chi connectivity index (χ0v) is 12.0. The van der Waals surface area contributed by atoms with Gasteiger partial charge in [0.2, 0.25) is 0 Å². The summed E-state index contributed by atoms with van der Waals surface area (Å²) in [7, 11) is -4.11. The van der Waals surface area contributed by atoms with Crippen LogP contribution in [0.1, 0.15) is 13.3 Å². The van der Waals surface area contributed by atoms with Gasteiger partial charge in [-0.1, -0.05) is 18.2 Å². The second kappa shape index (κ2) is 6.10. The molecule has 0 fully saturated rings. The van der Waals surface area contributed by atoms with Crippen molar-refractivity contribution in [1.82, 2.24) is 5.16 Å². The van der Waals surface area contributed by atoms with Gasteiger partial charge < -0.3 is 15.1 Å². The maximum Gasteiger partial charge on any atom is 0.415 e.